The Morgan fingerprint density at radius 2 is 2.17 bits per heavy atom. The van der Waals surface area contributed by atoms with Gasteiger partial charge in [-0.3, -0.25) is 14.6 Å². The third-order valence-electron chi connectivity index (χ3n) is 3.58. The van der Waals surface area contributed by atoms with Crippen LogP contribution in [0.2, 0.25) is 0 Å². The first-order valence-electron chi connectivity index (χ1n) is 7.37. The average Bonchev–Trinajstić information content (AvgIpc) is 2.97. The maximum absolute atomic E-state index is 12.2. The Morgan fingerprint density at radius 1 is 1.33 bits per heavy atom. The summed E-state index contributed by atoms with van der Waals surface area (Å²) in [6.07, 6.45) is 5.09. The van der Waals surface area contributed by atoms with E-state index in [9.17, 15) is 9.59 Å². The van der Waals surface area contributed by atoms with Crippen molar-refractivity contribution in [1.29, 1.82) is 0 Å². The molecule has 0 fully saturated rings. The van der Waals surface area contributed by atoms with Crippen LogP contribution in [0.25, 0.3) is 10.6 Å². The van der Waals surface area contributed by atoms with Crippen LogP contribution in [-0.4, -0.2) is 20.4 Å². The number of nitrogens with zero attached hydrogens (tertiary/aromatic N) is 3. The Bertz CT molecular complexity index is 931. The molecule has 0 radical (unpaired) electrons. The fourth-order valence-electron chi connectivity index (χ4n) is 2.23. The zero-order chi connectivity index (χ0) is 17.1. The first-order chi connectivity index (χ1) is 11.6. The highest BCUT2D eigenvalue weighted by Crippen LogP contribution is 2.27. The first-order valence-corrected chi connectivity index (χ1v) is 8.18. The highest BCUT2D eigenvalue weighted by molar-refractivity contribution is 7.15. The quantitative estimate of drug-likeness (QED) is 0.789. The third kappa shape index (κ3) is 3.26. The van der Waals surface area contributed by atoms with Crippen molar-refractivity contribution in [3.05, 3.63) is 69.3 Å². The monoisotopic (exact) mass is 340 g/mol. The molecule has 0 saturated carbocycles. The number of carbonyl (C=O) groups is 1. The fourth-order valence-corrected chi connectivity index (χ4v) is 3.22. The zero-order valence-corrected chi connectivity index (χ0v) is 14.1. The van der Waals surface area contributed by atoms with Gasteiger partial charge in [-0.1, -0.05) is 0 Å². The van der Waals surface area contributed by atoms with Gasteiger partial charge in [-0.15, -0.1) is 11.3 Å². The van der Waals surface area contributed by atoms with E-state index in [0.717, 1.165) is 21.1 Å². The van der Waals surface area contributed by atoms with Gasteiger partial charge in [-0.05, 0) is 31.2 Å². The molecular formula is C17H16N4O2S. The lowest BCUT2D eigenvalue weighted by molar-refractivity contribution is 0.0949. The van der Waals surface area contributed by atoms with Crippen molar-refractivity contribution in [3.8, 4) is 10.6 Å². The number of thiazole rings is 1. The van der Waals surface area contributed by atoms with Crippen LogP contribution in [0.1, 0.15) is 20.9 Å². The van der Waals surface area contributed by atoms with Crippen LogP contribution in [0.5, 0.6) is 0 Å². The van der Waals surface area contributed by atoms with Crippen molar-refractivity contribution in [1.82, 2.24) is 19.9 Å². The largest absolute Gasteiger partial charge is 0.347 e. The van der Waals surface area contributed by atoms with E-state index in [0.29, 0.717) is 6.54 Å². The molecule has 0 aliphatic carbocycles. The molecule has 7 heteroatoms. The van der Waals surface area contributed by atoms with Gasteiger partial charge < -0.3 is 9.88 Å². The van der Waals surface area contributed by atoms with E-state index >= 15 is 0 Å². The molecule has 122 valence electrons. The van der Waals surface area contributed by atoms with Crippen molar-refractivity contribution in [3.63, 3.8) is 0 Å². The van der Waals surface area contributed by atoms with E-state index in [4.69, 9.17) is 0 Å². The molecule has 0 spiro atoms. The summed E-state index contributed by atoms with van der Waals surface area (Å²) in [7, 11) is 1.62. The molecule has 0 aromatic carbocycles. The number of nitrogens with one attached hydrogen (secondary N) is 1. The van der Waals surface area contributed by atoms with Gasteiger partial charge >= 0.3 is 0 Å². The molecule has 0 unspecified atom stereocenters. The maximum Gasteiger partial charge on any atom is 0.263 e. The fraction of sp³-hybridized carbons (Fsp3) is 0.176. The van der Waals surface area contributed by atoms with E-state index in [1.807, 2.05) is 19.1 Å². The van der Waals surface area contributed by atoms with E-state index in [-0.39, 0.29) is 17.0 Å². The number of hydrogen-bond acceptors (Lipinski definition) is 5. The van der Waals surface area contributed by atoms with E-state index in [2.05, 4.69) is 15.3 Å². The molecule has 24 heavy (non-hydrogen) atoms. The second kappa shape index (κ2) is 6.76. The van der Waals surface area contributed by atoms with Crippen molar-refractivity contribution in [2.24, 2.45) is 7.05 Å². The van der Waals surface area contributed by atoms with Gasteiger partial charge in [-0.2, -0.15) is 0 Å². The Hall–Kier alpha value is -2.80. The summed E-state index contributed by atoms with van der Waals surface area (Å²) in [5.74, 6) is -0.382. The third-order valence-corrected chi connectivity index (χ3v) is 4.79. The smallest absolute Gasteiger partial charge is 0.263 e. The number of pyridine rings is 2. The number of hydrogen-bond donors (Lipinski definition) is 1. The molecule has 3 heterocycles. The summed E-state index contributed by atoms with van der Waals surface area (Å²) >= 11 is 1.51. The lowest BCUT2D eigenvalue weighted by Gasteiger charge is -2.05. The first kappa shape index (κ1) is 16.1. The second-order valence-electron chi connectivity index (χ2n) is 5.29. The van der Waals surface area contributed by atoms with Crippen LogP contribution >= 0.6 is 11.3 Å². The summed E-state index contributed by atoms with van der Waals surface area (Å²) in [6, 6.07) is 7.01. The van der Waals surface area contributed by atoms with Crippen molar-refractivity contribution >= 4 is 17.2 Å². The van der Waals surface area contributed by atoms with Crippen molar-refractivity contribution in [2.45, 2.75) is 13.5 Å². The standard InChI is InChI=1S/C17H16N4O2S/c1-11-14(24-16(20-11)12-5-3-7-18-9-12)10-19-15(22)13-6-4-8-21(2)17(13)23/h3-9H,10H2,1-2H3,(H,19,22). The summed E-state index contributed by atoms with van der Waals surface area (Å²) in [4.78, 5) is 33.8. The Labute approximate surface area is 142 Å². The molecule has 6 nitrogen and oxygen atoms in total. The summed E-state index contributed by atoms with van der Waals surface area (Å²) in [6.45, 7) is 2.24. The molecule has 3 aromatic heterocycles. The predicted molar refractivity (Wildman–Crippen MR) is 92.9 cm³/mol. The van der Waals surface area contributed by atoms with Crippen LogP contribution in [-0.2, 0) is 13.6 Å². The van der Waals surface area contributed by atoms with Gasteiger partial charge in [0.15, 0.2) is 0 Å². The number of aromatic nitrogens is 3. The molecule has 3 rings (SSSR count). The topological polar surface area (TPSA) is 76.9 Å². The SMILES string of the molecule is Cc1nc(-c2cccnc2)sc1CNC(=O)c1cccn(C)c1=O. The van der Waals surface area contributed by atoms with Crippen molar-refractivity contribution in [2.75, 3.05) is 0 Å². The second-order valence-corrected chi connectivity index (χ2v) is 6.37. The van der Waals surface area contributed by atoms with Crippen LogP contribution in [0.3, 0.4) is 0 Å². The van der Waals surface area contributed by atoms with Crippen LogP contribution in [0, 0.1) is 6.92 Å². The predicted octanol–water partition coefficient (Wildman–Crippen LogP) is 2.14. The number of amides is 1. The van der Waals surface area contributed by atoms with Gasteiger partial charge in [0.1, 0.15) is 10.6 Å². The lowest BCUT2D eigenvalue weighted by Crippen LogP contribution is -2.31. The number of carbonyl (C=O) groups excluding carboxylic acids is 1. The van der Waals surface area contributed by atoms with E-state index in [1.165, 1.54) is 22.0 Å². The molecule has 3 aromatic rings. The van der Waals surface area contributed by atoms with E-state index in [1.54, 1.807) is 31.7 Å². The zero-order valence-electron chi connectivity index (χ0n) is 13.3. The Balaban J connectivity index is 1.75. The summed E-state index contributed by atoms with van der Waals surface area (Å²) < 4.78 is 1.38. The van der Waals surface area contributed by atoms with Gasteiger partial charge in [0.05, 0.1) is 12.2 Å². The molecule has 0 atom stereocenters. The maximum atomic E-state index is 12.2. The molecule has 0 bridgehead atoms. The Kier molecular flexibility index (Phi) is 4.52. The van der Waals surface area contributed by atoms with Gasteiger partial charge in [0.25, 0.3) is 11.5 Å². The van der Waals surface area contributed by atoms with Crippen LogP contribution in [0.15, 0.2) is 47.7 Å². The van der Waals surface area contributed by atoms with Gasteiger partial charge in [-0.25, -0.2) is 4.98 Å². The molecular weight excluding hydrogens is 324 g/mol. The molecule has 0 saturated heterocycles. The average molecular weight is 340 g/mol. The number of aryl methyl sites for hydroxylation is 2. The lowest BCUT2D eigenvalue weighted by atomic mass is 10.2. The van der Waals surface area contributed by atoms with E-state index < -0.39 is 0 Å². The highest BCUT2D eigenvalue weighted by atomic mass is 32.1. The van der Waals surface area contributed by atoms with Gasteiger partial charge in [0, 0.05) is 36.1 Å². The normalized spacial score (nSPS) is 10.6. The minimum absolute atomic E-state index is 0.134. The van der Waals surface area contributed by atoms with Crippen LogP contribution in [0.4, 0.5) is 0 Å². The minimum Gasteiger partial charge on any atom is -0.347 e. The summed E-state index contributed by atoms with van der Waals surface area (Å²) in [5, 5.41) is 3.65. The minimum atomic E-state index is -0.382. The molecule has 0 aliphatic rings. The summed E-state index contributed by atoms with van der Waals surface area (Å²) in [5.41, 5.74) is 1.63. The molecule has 1 N–H and O–H groups in total. The molecule has 1 amide bonds. The van der Waals surface area contributed by atoms with Crippen LogP contribution < -0.4 is 10.9 Å². The number of rotatable bonds is 4. The highest BCUT2D eigenvalue weighted by Gasteiger charge is 2.14. The Morgan fingerprint density at radius 3 is 2.92 bits per heavy atom. The van der Waals surface area contributed by atoms with Gasteiger partial charge in [0.2, 0.25) is 0 Å². The molecule has 0 aliphatic heterocycles. The van der Waals surface area contributed by atoms with Crippen molar-refractivity contribution < 1.29 is 4.79 Å².